The van der Waals surface area contributed by atoms with Crippen LogP contribution in [0, 0.1) is 0 Å². The van der Waals surface area contributed by atoms with Gasteiger partial charge in [-0.1, -0.05) is 11.3 Å². The quantitative estimate of drug-likeness (QED) is 0.720. The molecule has 170 valence electrons. The van der Waals surface area contributed by atoms with Crippen molar-refractivity contribution in [1.82, 2.24) is 15.2 Å². The molecule has 1 aromatic carbocycles. The summed E-state index contributed by atoms with van der Waals surface area (Å²) in [6.45, 7) is 6.28. The van der Waals surface area contributed by atoms with Crippen LogP contribution in [0.4, 0.5) is 9.93 Å². The van der Waals surface area contributed by atoms with Gasteiger partial charge in [-0.3, -0.25) is 9.59 Å². The summed E-state index contributed by atoms with van der Waals surface area (Å²) in [5.41, 5.74) is 0.665. The Morgan fingerprint density at radius 1 is 1.22 bits per heavy atom. The van der Waals surface area contributed by atoms with Gasteiger partial charge >= 0.3 is 6.09 Å². The maximum Gasteiger partial charge on any atom is 0.410 e. The lowest BCUT2D eigenvalue weighted by atomic mass is 10.2. The predicted molar refractivity (Wildman–Crippen MR) is 116 cm³/mol. The number of aromatic nitrogens is 1. The molecule has 2 aliphatic heterocycles. The molecule has 0 spiro atoms. The Morgan fingerprint density at radius 2 is 2.00 bits per heavy atom. The zero-order valence-corrected chi connectivity index (χ0v) is 18.8. The Morgan fingerprint density at radius 3 is 2.78 bits per heavy atom. The van der Waals surface area contributed by atoms with E-state index in [0.717, 1.165) is 10.6 Å². The van der Waals surface area contributed by atoms with Gasteiger partial charge in [0.05, 0.1) is 18.8 Å². The molecule has 0 unspecified atom stereocenters. The minimum Gasteiger partial charge on any atom is -0.454 e. The van der Waals surface area contributed by atoms with Crippen molar-refractivity contribution in [2.24, 2.45) is 0 Å². The molecule has 0 saturated heterocycles. The summed E-state index contributed by atoms with van der Waals surface area (Å²) in [5, 5.41) is 5.71. The lowest BCUT2D eigenvalue weighted by Crippen LogP contribution is -2.39. The number of fused-ring (bicyclic) bond motifs is 2. The fraction of sp³-hybridized carbons (Fsp3) is 0.429. The highest BCUT2D eigenvalue weighted by atomic mass is 32.1. The number of ether oxygens (including phenoxy) is 3. The Balaban J connectivity index is 1.29. The van der Waals surface area contributed by atoms with Crippen molar-refractivity contribution in [1.29, 1.82) is 0 Å². The lowest BCUT2D eigenvalue weighted by Gasteiger charge is -2.29. The minimum atomic E-state index is -0.560. The van der Waals surface area contributed by atoms with Crippen LogP contribution in [0.25, 0.3) is 0 Å². The van der Waals surface area contributed by atoms with Crippen LogP contribution in [0.3, 0.4) is 0 Å². The normalized spacial score (nSPS) is 14.5. The first-order chi connectivity index (χ1) is 15.2. The molecule has 2 N–H and O–H groups in total. The number of amides is 3. The highest BCUT2D eigenvalue weighted by molar-refractivity contribution is 7.15. The summed E-state index contributed by atoms with van der Waals surface area (Å²) in [4.78, 5) is 43.9. The van der Waals surface area contributed by atoms with Crippen molar-refractivity contribution < 1.29 is 28.6 Å². The van der Waals surface area contributed by atoms with Crippen molar-refractivity contribution in [3.05, 3.63) is 34.3 Å². The van der Waals surface area contributed by atoms with Gasteiger partial charge in [0.2, 0.25) is 12.7 Å². The summed E-state index contributed by atoms with van der Waals surface area (Å²) in [6, 6.07) is 4.82. The lowest BCUT2D eigenvalue weighted by molar-refractivity contribution is -0.115. The summed E-state index contributed by atoms with van der Waals surface area (Å²) in [5.74, 6) is 0.284. The molecular weight excluding hydrogens is 436 g/mol. The number of benzene rings is 1. The first kappa shape index (κ1) is 21.9. The van der Waals surface area contributed by atoms with Crippen LogP contribution in [0.5, 0.6) is 11.5 Å². The smallest absolute Gasteiger partial charge is 0.410 e. The maximum absolute atomic E-state index is 12.3. The third-order valence-electron chi connectivity index (χ3n) is 4.67. The van der Waals surface area contributed by atoms with Gasteiger partial charge in [0.25, 0.3) is 5.91 Å². The number of nitrogens with zero attached hydrogens (tertiary/aromatic N) is 2. The van der Waals surface area contributed by atoms with Gasteiger partial charge in [0.15, 0.2) is 16.6 Å². The number of thiazole rings is 1. The highest BCUT2D eigenvalue weighted by Crippen LogP contribution is 2.32. The number of nitrogens with one attached hydrogen (secondary N) is 2. The van der Waals surface area contributed by atoms with Crippen LogP contribution < -0.4 is 20.1 Å². The van der Waals surface area contributed by atoms with Gasteiger partial charge in [-0.15, -0.1) is 0 Å². The van der Waals surface area contributed by atoms with Gasteiger partial charge in [-0.05, 0) is 39.0 Å². The molecule has 3 heterocycles. The Kier molecular flexibility index (Phi) is 5.92. The fourth-order valence-electron chi connectivity index (χ4n) is 3.20. The van der Waals surface area contributed by atoms with E-state index in [2.05, 4.69) is 15.6 Å². The van der Waals surface area contributed by atoms with Gasteiger partial charge in [-0.25, -0.2) is 9.78 Å². The Labute approximate surface area is 188 Å². The molecule has 2 aliphatic rings. The van der Waals surface area contributed by atoms with Gasteiger partial charge < -0.3 is 29.7 Å². The number of anilines is 1. The molecule has 0 aliphatic carbocycles. The van der Waals surface area contributed by atoms with Crippen LogP contribution in [-0.4, -0.2) is 53.3 Å². The fourth-order valence-corrected chi connectivity index (χ4v) is 4.24. The number of rotatable bonds is 4. The average Bonchev–Trinajstić information content (AvgIpc) is 3.35. The van der Waals surface area contributed by atoms with Crippen LogP contribution >= 0.6 is 11.3 Å². The molecule has 0 radical (unpaired) electrons. The monoisotopic (exact) mass is 460 g/mol. The first-order valence-corrected chi connectivity index (χ1v) is 10.9. The number of carbonyl (C=O) groups is 3. The molecule has 0 saturated carbocycles. The van der Waals surface area contributed by atoms with Crippen LogP contribution in [0.1, 0.15) is 41.7 Å². The van der Waals surface area contributed by atoms with E-state index < -0.39 is 17.4 Å². The first-order valence-electron chi connectivity index (χ1n) is 10.1. The van der Waals surface area contributed by atoms with E-state index in [1.807, 2.05) is 20.8 Å². The van der Waals surface area contributed by atoms with E-state index in [1.54, 1.807) is 23.1 Å². The van der Waals surface area contributed by atoms with Crippen LogP contribution in [-0.2, 0) is 22.5 Å². The molecule has 1 aromatic heterocycles. The van der Waals surface area contributed by atoms with Crippen molar-refractivity contribution in [3.8, 4) is 11.5 Å². The maximum atomic E-state index is 12.3. The topological polar surface area (TPSA) is 119 Å². The number of hydrogen-bond donors (Lipinski definition) is 2. The van der Waals surface area contributed by atoms with Crippen molar-refractivity contribution in [3.63, 3.8) is 0 Å². The van der Waals surface area contributed by atoms with E-state index in [4.69, 9.17) is 14.2 Å². The third kappa shape index (κ3) is 5.10. The van der Waals surface area contributed by atoms with Crippen molar-refractivity contribution in [2.45, 2.75) is 39.3 Å². The molecular formula is C21H24N4O6S. The van der Waals surface area contributed by atoms with Crippen molar-refractivity contribution >= 4 is 34.4 Å². The van der Waals surface area contributed by atoms with E-state index in [0.29, 0.717) is 41.7 Å². The van der Waals surface area contributed by atoms with E-state index in [-0.39, 0.29) is 19.4 Å². The van der Waals surface area contributed by atoms with Gasteiger partial charge in [-0.2, -0.15) is 0 Å². The summed E-state index contributed by atoms with van der Waals surface area (Å²) in [7, 11) is 0. The van der Waals surface area contributed by atoms with E-state index in [1.165, 1.54) is 11.3 Å². The number of hydrogen-bond acceptors (Lipinski definition) is 8. The third-order valence-corrected chi connectivity index (χ3v) is 5.67. The molecule has 0 atom stereocenters. The summed E-state index contributed by atoms with van der Waals surface area (Å²) >= 11 is 1.31. The van der Waals surface area contributed by atoms with Gasteiger partial charge in [0, 0.05) is 23.4 Å². The van der Waals surface area contributed by atoms with Crippen molar-refractivity contribution in [2.75, 3.05) is 25.2 Å². The molecule has 2 aromatic rings. The SMILES string of the molecule is CC(C)(C)OC(=O)N1CCc2nc(NC(=O)CNC(=O)c3ccc4c(c3)OCO4)sc2C1. The van der Waals surface area contributed by atoms with Crippen LogP contribution in [0.15, 0.2) is 18.2 Å². The second kappa shape index (κ2) is 8.65. The standard InChI is InChI=1S/C21H24N4O6S/c1-21(2,3)31-20(28)25-7-6-13-16(10-25)32-19(23-13)24-17(26)9-22-18(27)12-4-5-14-15(8-12)30-11-29-14/h4-5,8H,6-7,9-11H2,1-3H3,(H,22,27)(H,23,24,26). The average molecular weight is 461 g/mol. The van der Waals surface area contributed by atoms with E-state index in [9.17, 15) is 14.4 Å². The Hall–Kier alpha value is -3.34. The zero-order valence-electron chi connectivity index (χ0n) is 18.0. The van der Waals surface area contributed by atoms with Gasteiger partial charge in [0.1, 0.15) is 5.60 Å². The molecule has 4 rings (SSSR count). The zero-order chi connectivity index (χ0) is 22.9. The molecule has 11 heteroatoms. The summed E-state index contributed by atoms with van der Waals surface area (Å²) in [6.07, 6.45) is 0.218. The second-order valence-corrected chi connectivity index (χ2v) is 9.42. The second-order valence-electron chi connectivity index (χ2n) is 8.34. The van der Waals surface area contributed by atoms with E-state index >= 15 is 0 Å². The molecule has 3 amide bonds. The summed E-state index contributed by atoms with van der Waals surface area (Å²) < 4.78 is 15.9. The minimum absolute atomic E-state index is 0.121. The predicted octanol–water partition coefficient (Wildman–Crippen LogP) is 2.53. The molecule has 0 fully saturated rings. The van der Waals surface area contributed by atoms with Crippen LogP contribution in [0.2, 0.25) is 0 Å². The Bertz CT molecular complexity index is 1060. The molecule has 32 heavy (non-hydrogen) atoms. The number of carbonyl (C=O) groups excluding carboxylic acids is 3. The molecule has 0 bridgehead atoms. The highest BCUT2D eigenvalue weighted by Gasteiger charge is 2.28. The largest absolute Gasteiger partial charge is 0.454 e. The molecule has 10 nitrogen and oxygen atoms in total.